The molecule has 1 aliphatic rings. The molecule has 0 radical (unpaired) electrons. The van der Waals surface area contributed by atoms with Gasteiger partial charge in [0.2, 0.25) is 0 Å². The second-order valence-corrected chi connectivity index (χ2v) is 7.28. The van der Waals surface area contributed by atoms with Gasteiger partial charge in [-0.15, -0.1) is 35.3 Å². The molecule has 1 aromatic rings. The molecule has 144 valence electrons. The summed E-state index contributed by atoms with van der Waals surface area (Å²) in [5.41, 5.74) is 1.14. The Morgan fingerprint density at radius 1 is 1.36 bits per heavy atom. The minimum absolute atomic E-state index is 0. The van der Waals surface area contributed by atoms with Crippen LogP contribution in [0.5, 0.6) is 0 Å². The summed E-state index contributed by atoms with van der Waals surface area (Å²) in [6, 6.07) is 0. The molecule has 1 fully saturated rings. The second kappa shape index (κ2) is 12.8. The number of hydrogen-bond acceptors (Lipinski definition) is 5. The first-order valence-corrected chi connectivity index (χ1v) is 9.57. The molecule has 2 N–H and O–H groups in total. The molecule has 0 spiro atoms. The minimum Gasteiger partial charge on any atom is -0.379 e. The molecular weight excluding hydrogens is 451 g/mol. The first kappa shape index (κ1) is 22.6. The monoisotopic (exact) mass is 482 g/mol. The summed E-state index contributed by atoms with van der Waals surface area (Å²) in [5.74, 6) is 0.833. The molecule has 1 unspecified atom stereocenters. The predicted molar refractivity (Wildman–Crippen MR) is 114 cm³/mol. The third-order valence-electron chi connectivity index (χ3n) is 4.01. The average molecular weight is 482 g/mol. The van der Waals surface area contributed by atoms with Crippen LogP contribution in [0.25, 0.3) is 0 Å². The Labute approximate surface area is 172 Å². The zero-order valence-corrected chi connectivity index (χ0v) is 18.6. The van der Waals surface area contributed by atoms with Gasteiger partial charge in [-0.2, -0.15) is 0 Å². The van der Waals surface area contributed by atoms with Gasteiger partial charge in [-0.05, 0) is 33.1 Å². The van der Waals surface area contributed by atoms with Gasteiger partial charge >= 0.3 is 0 Å². The molecule has 0 aliphatic carbocycles. The van der Waals surface area contributed by atoms with Crippen LogP contribution in [0, 0.1) is 13.8 Å². The Balaban J connectivity index is 0.00000312. The van der Waals surface area contributed by atoms with Crippen LogP contribution in [0.15, 0.2) is 4.99 Å². The molecule has 25 heavy (non-hydrogen) atoms. The average Bonchev–Trinajstić information content (AvgIpc) is 3.19. The molecule has 1 aliphatic heterocycles. The van der Waals surface area contributed by atoms with E-state index in [4.69, 9.17) is 9.47 Å². The van der Waals surface area contributed by atoms with E-state index in [1.165, 1.54) is 9.88 Å². The number of halogens is 1. The molecule has 1 saturated heterocycles. The fraction of sp³-hybridized carbons (Fsp3) is 0.765. The standard InChI is InChI=1S/C17H30N4O2S.HI/c1-13-14(2)24-16(21-13)7-9-20-17(18-3)19-8-5-10-22-12-15-6-4-11-23-15;/h15H,4-12H2,1-3H3,(H2,18,19,20);1H. The van der Waals surface area contributed by atoms with E-state index in [9.17, 15) is 0 Å². The van der Waals surface area contributed by atoms with Crippen molar-refractivity contribution in [1.29, 1.82) is 0 Å². The van der Waals surface area contributed by atoms with Crippen LogP contribution in [-0.4, -0.2) is 57.0 Å². The highest BCUT2D eigenvalue weighted by atomic mass is 127. The number of thiazole rings is 1. The van der Waals surface area contributed by atoms with E-state index in [0.29, 0.717) is 6.10 Å². The molecule has 0 aromatic carbocycles. The molecular formula is C17H31IN4O2S. The maximum Gasteiger partial charge on any atom is 0.190 e. The van der Waals surface area contributed by atoms with Gasteiger partial charge < -0.3 is 20.1 Å². The number of ether oxygens (including phenoxy) is 2. The van der Waals surface area contributed by atoms with E-state index >= 15 is 0 Å². The van der Waals surface area contributed by atoms with Crippen LogP contribution in [0.3, 0.4) is 0 Å². The van der Waals surface area contributed by atoms with Crippen LogP contribution >= 0.6 is 35.3 Å². The summed E-state index contributed by atoms with van der Waals surface area (Å²) in [7, 11) is 1.79. The molecule has 0 amide bonds. The highest BCUT2D eigenvalue weighted by Gasteiger charge is 2.14. The summed E-state index contributed by atoms with van der Waals surface area (Å²) < 4.78 is 11.2. The van der Waals surface area contributed by atoms with Crippen LogP contribution in [0.4, 0.5) is 0 Å². The van der Waals surface area contributed by atoms with E-state index in [0.717, 1.165) is 70.2 Å². The van der Waals surface area contributed by atoms with E-state index in [-0.39, 0.29) is 24.0 Å². The Morgan fingerprint density at radius 3 is 2.80 bits per heavy atom. The minimum atomic E-state index is 0. The second-order valence-electron chi connectivity index (χ2n) is 5.99. The number of aliphatic imine (C=N–C) groups is 1. The lowest BCUT2D eigenvalue weighted by Crippen LogP contribution is -2.39. The van der Waals surface area contributed by atoms with Gasteiger partial charge in [0.05, 0.1) is 23.4 Å². The van der Waals surface area contributed by atoms with Crippen LogP contribution in [-0.2, 0) is 15.9 Å². The summed E-state index contributed by atoms with van der Waals surface area (Å²) in [6.45, 7) is 8.22. The van der Waals surface area contributed by atoms with Crippen LogP contribution < -0.4 is 10.6 Å². The van der Waals surface area contributed by atoms with E-state index in [2.05, 4.69) is 34.5 Å². The van der Waals surface area contributed by atoms with Crippen molar-refractivity contribution in [3.8, 4) is 0 Å². The number of nitrogens with one attached hydrogen (secondary N) is 2. The van der Waals surface area contributed by atoms with Crippen molar-refractivity contribution in [2.45, 2.75) is 45.6 Å². The molecule has 2 heterocycles. The third-order valence-corrected chi connectivity index (χ3v) is 5.15. The van der Waals surface area contributed by atoms with Gasteiger partial charge in [-0.25, -0.2) is 4.98 Å². The van der Waals surface area contributed by atoms with Gasteiger partial charge in [0.1, 0.15) is 0 Å². The molecule has 6 nitrogen and oxygen atoms in total. The van der Waals surface area contributed by atoms with Gasteiger partial charge in [0.25, 0.3) is 0 Å². The van der Waals surface area contributed by atoms with Crippen molar-refractivity contribution in [3.05, 3.63) is 15.6 Å². The number of guanidine groups is 1. The quantitative estimate of drug-likeness (QED) is 0.245. The van der Waals surface area contributed by atoms with Crippen molar-refractivity contribution in [2.24, 2.45) is 4.99 Å². The molecule has 1 atom stereocenters. The van der Waals surface area contributed by atoms with Gasteiger partial charge in [-0.1, -0.05) is 0 Å². The Morgan fingerprint density at radius 2 is 2.16 bits per heavy atom. The lowest BCUT2D eigenvalue weighted by molar-refractivity contribution is 0.0168. The van der Waals surface area contributed by atoms with Gasteiger partial charge in [-0.3, -0.25) is 4.99 Å². The van der Waals surface area contributed by atoms with Crippen molar-refractivity contribution >= 4 is 41.3 Å². The van der Waals surface area contributed by atoms with Gasteiger partial charge in [0.15, 0.2) is 5.96 Å². The predicted octanol–water partition coefficient (Wildman–Crippen LogP) is 2.67. The van der Waals surface area contributed by atoms with Gasteiger partial charge in [0, 0.05) is 44.6 Å². The van der Waals surface area contributed by atoms with Crippen LogP contribution in [0.2, 0.25) is 0 Å². The van der Waals surface area contributed by atoms with E-state index < -0.39 is 0 Å². The molecule has 0 saturated carbocycles. The maximum absolute atomic E-state index is 5.65. The Hall–Kier alpha value is -0.450. The van der Waals surface area contributed by atoms with Crippen LogP contribution in [0.1, 0.15) is 34.8 Å². The SMILES string of the molecule is CN=C(NCCCOCC1CCCO1)NCCc1nc(C)c(C)s1.I. The number of aryl methyl sites for hydroxylation is 2. The topological polar surface area (TPSA) is 67.8 Å². The lowest BCUT2D eigenvalue weighted by Gasteiger charge is -2.12. The fourth-order valence-electron chi connectivity index (χ4n) is 2.53. The Bertz CT molecular complexity index is 499. The van der Waals surface area contributed by atoms with Crippen molar-refractivity contribution in [3.63, 3.8) is 0 Å². The first-order valence-electron chi connectivity index (χ1n) is 8.76. The smallest absolute Gasteiger partial charge is 0.190 e. The molecule has 8 heteroatoms. The van der Waals surface area contributed by atoms with Crippen molar-refractivity contribution < 1.29 is 9.47 Å². The summed E-state index contributed by atoms with van der Waals surface area (Å²) in [4.78, 5) is 10.1. The zero-order chi connectivity index (χ0) is 17.2. The van der Waals surface area contributed by atoms with E-state index in [1.54, 1.807) is 18.4 Å². The summed E-state index contributed by atoms with van der Waals surface area (Å²) >= 11 is 1.77. The molecule has 0 bridgehead atoms. The Kier molecular flexibility index (Phi) is 11.6. The third kappa shape index (κ3) is 8.65. The zero-order valence-electron chi connectivity index (χ0n) is 15.5. The highest BCUT2D eigenvalue weighted by molar-refractivity contribution is 14.0. The van der Waals surface area contributed by atoms with Crippen molar-refractivity contribution in [1.82, 2.24) is 15.6 Å². The number of aromatic nitrogens is 1. The summed E-state index contributed by atoms with van der Waals surface area (Å²) in [5, 5.41) is 7.81. The molecule has 2 rings (SSSR count). The number of hydrogen-bond donors (Lipinski definition) is 2. The maximum atomic E-state index is 5.65. The molecule has 1 aromatic heterocycles. The van der Waals surface area contributed by atoms with E-state index in [1.807, 2.05) is 0 Å². The normalized spacial score (nSPS) is 17.4. The first-order chi connectivity index (χ1) is 11.7. The number of rotatable bonds is 9. The highest BCUT2D eigenvalue weighted by Crippen LogP contribution is 2.16. The lowest BCUT2D eigenvalue weighted by atomic mass is 10.2. The number of nitrogens with zero attached hydrogens (tertiary/aromatic N) is 2. The largest absolute Gasteiger partial charge is 0.379 e. The van der Waals surface area contributed by atoms with Crippen molar-refractivity contribution in [2.75, 3.05) is 40.0 Å². The summed E-state index contributed by atoms with van der Waals surface area (Å²) in [6.07, 6.45) is 4.48. The fourth-order valence-corrected chi connectivity index (χ4v) is 3.46.